The summed E-state index contributed by atoms with van der Waals surface area (Å²) in [5, 5.41) is 5.84. The van der Waals surface area contributed by atoms with Crippen LogP contribution >= 0.6 is 0 Å². The van der Waals surface area contributed by atoms with E-state index in [1.807, 2.05) is 0 Å². The van der Waals surface area contributed by atoms with Gasteiger partial charge in [0.15, 0.2) is 0 Å². The minimum Gasteiger partial charge on any atom is -0.355 e. The van der Waals surface area contributed by atoms with Crippen molar-refractivity contribution in [3.63, 3.8) is 0 Å². The second kappa shape index (κ2) is 3.90. The molecule has 22 heavy (non-hydrogen) atoms. The molecule has 0 bridgehead atoms. The number of H-pyrrole nitrogens is 1. The normalized spacial score (nSPS) is 15.2. The van der Waals surface area contributed by atoms with E-state index in [9.17, 15) is 0 Å². The molecule has 0 radical (unpaired) electrons. The second-order valence-corrected chi connectivity index (χ2v) is 11.0. The average molecular weight is 299 g/mol. The molecule has 1 nitrogen and oxygen atoms in total. The molecule has 0 amide bonds. The van der Waals surface area contributed by atoms with E-state index in [0.29, 0.717) is 0 Å². The van der Waals surface area contributed by atoms with Gasteiger partial charge in [0, 0.05) is 21.8 Å². The summed E-state index contributed by atoms with van der Waals surface area (Å²) in [5.74, 6) is 0. The average Bonchev–Trinajstić information content (AvgIpc) is 3.02. The number of aromatic nitrogens is 1. The summed E-state index contributed by atoms with van der Waals surface area (Å²) >= 11 is 0. The SMILES string of the molecule is C[Si]1(C)c2ccccc2-c2ccc3c([nH]c4ccccc43)c21. The van der Waals surface area contributed by atoms with Gasteiger partial charge in [0.1, 0.15) is 8.07 Å². The molecule has 0 spiro atoms. The Labute approximate surface area is 130 Å². The van der Waals surface area contributed by atoms with Crippen molar-refractivity contribution >= 4 is 40.3 Å². The molecule has 0 fully saturated rings. The maximum atomic E-state index is 3.70. The molecule has 0 atom stereocenters. The van der Waals surface area contributed by atoms with Crippen molar-refractivity contribution in [1.82, 2.24) is 4.98 Å². The Bertz CT molecular complexity index is 1060. The predicted molar refractivity (Wildman–Crippen MR) is 98.0 cm³/mol. The summed E-state index contributed by atoms with van der Waals surface area (Å²) in [6.45, 7) is 4.95. The Balaban J connectivity index is 1.99. The van der Waals surface area contributed by atoms with Crippen LogP contribution in [0.25, 0.3) is 32.9 Å². The van der Waals surface area contributed by atoms with Gasteiger partial charge in [-0.05, 0) is 27.6 Å². The number of hydrogen-bond acceptors (Lipinski definition) is 0. The lowest BCUT2D eigenvalue weighted by molar-refractivity contribution is 1.56. The molecule has 0 unspecified atom stereocenters. The molecule has 2 heterocycles. The highest BCUT2D eigenvalue weighted by Crippen LogP contribution is 2.34. The van der Waals surface area contributed by atoms with Crippen molar-refractivity contribution in [3.05, 3.63) is 60.7 Å². The molecule has 0 saturated carbocycles. The summed E-state index contributed by atoms with van der Waals surface area (Å²) in [6.07, 6.45) is 0. The van der Waals surface area contributed by atoms with Crippen LogP contribution in [0.1, 0.15) is 0 Å². The molecular formula is C20H17NSi. The molecule has 1 aliphatic heterocycles. The van der Waals surface area contributed by atoms with E-state index >= 15 is 0 Å². The Morgan fingerprint density at radius 1 is 0.727 bits per heavy atom. The smallest absolute Gasteiger partial charge is 0.116 e. The van der Waals surface area contributed by atoms with Crippen molar-refractivity contribution in [2.24, 2.45) is 0 Å². The van der Waals surface area contributed by atoms with E-state index < -0.39 is 8.07 Å². The van der Waals surface area contributed by atoms with Gasteiger partial charge >= 0.3 is 0 Å². The monoisotopic (exact) mass is 299 g/mol. The van der Waals surface area contributed by atoms with Crippen LogP contribution in [0.3, 0.4) is 0 Å². The van der Waals surface area contributed by atoms with Gasteiger partial charge in [-0.25, -0.2) is 0 Å². The van der Waals surface area contributed by atoms with Crippen molar-refractivity contribution in [2.45, 2.75) is 13.1 Å². The number of nitrogens with one attached hydrogen (secondary N) is 1. The lowest BCUT2D eigenvalue weighted by Crippen LogP contribution is -2.49. The zero-order valence-electron chi connectivity index (χ0n) is 12.8. The standard InChI is InChI=1S/C20H17NSi/c1-22(2)18-10-6-4-8-14(18)16-12-11-15-13-7-3-5-9-17(13)21-19(15)20(16)22/h3-12,21H,1-2H3. The largest absolute Gasteiger partial charge is 0.355 e. The highest BCUT2D eigenvalue weighted by atomic mass is 28.3. The third-order valence-corrected chi connectivity index (χ3v) is 8.75. The van der Waals surface area contributed by atoms with Crippen LogP contribution in [0.4, 0.5) is 0 Å². The van der Waals surface area contributed by atoms with Crippen molar-refractivity contribution in [1.29, 1.82) is 0 Å². The minimum atomic E-state index is -1.64. The first-order valence-electron chi connectivity index (χ1n) is 7.82. The molecule has 5 rings (SSSR count). The Morgan fingerprint density at radius 2 is 1.50 bits per heavy atom. The summed E-state index contributed by atoms with van der Waals surface area (Å²) in [4.78, 5) is 3.70. The molecule has 1 aromatic heterocycles. The minimum absolute atomic E-state index is 1.24. The van der Waals surface area contributed by atoms with Gasteiger partial charge in [0.05, 0.1) is 0 Å². The summed E-state index contributed by atoms with van der Waals surface area (Å²) < 4.78 is 0. The maximum Gasteiger partial charge on any atom is 0.116 e. The van der Waals surface area contributed by atoms with Crippen LogP contribution in [0.15, 0.2) is 60.7 Å². The van der Waals surface area contributed by atoms with Crippen molar-refractivity contribution in [2.75, 3.05) is 0 Å². The van der Waals surface area contributed by atoms with E-state index in [0.717, 1.165) is 0 Å². The molecule has 1 N–H and O–H groups in total. The molecule has 4 aromatic rings. The van der Waals surface area contributed by atoms with Gasteiger partial charge in [-0.15, -0.1) is 0 Å². The van der Waals surface area contributed by atoms with E-state index in [-0.39, 0.29) is 0 Å². The van der Waals surface area contributed by atoms with Crippen LogP contribution in [0.5, 0.6) is 0 Å². The van der Waals surface area contributed by atoms with Gasteiger partial charge in [-0.3, -0.25) is 0 Å². The fraction of sp³-hybridized carbons (Fsp3) is 0.100. The Morgan fingerprint density at radius 3 is 2.41 bits per heavy atom. The number of benzene rings is 3. The fourth-order valence-corrected chi connectivity index (χ4v) is 7.58. The highest BCUT2D eigenvalue weighted by molar-refractivity contribution is 7.05. The molecule has 1 aliphatic rings. The van der Waals surface area contributed by atoms with Crippen LogP contribution in [-0.2, 0) is 0 Å². The summed E-state index contributed by atoms with van der Waals surface area (Å²) in [5.41, 5.74) is 5.47. The lowest BCUT2D eigenvalue weighted by Gasteiger charge is -2.19. The van der Waals surface area contributed by atoms with Crippen LogP contribution in [0.2, 0.25) is 13.1 Å². The molecule has 0 saturated heterocycles. The topological polar surface area (TPSA) is 15.8 Å². The fourth-order valence-electron chi connectivity index (χ4n) is 4.19. The first kappa shape index (κ1) is 12.2. The van der Waals surface area contributed by atoms with Crippen molar-refractivity contribution < 1.29 is 0 Å². The van der Waals surface area contributed by atoms with Crippen molar-refractivity contribution in [3.8, 4) is 11.1 Å². The quantitative estimate of drug-likeness (QED) is 0.470. The van der Waals surface area contributed by atoms with E-state index in [4.69, 9.17) is 0 Å². The molecule has 106 valence electrons. The Hall–Kier alpha value is -2.32. The summed E-state index contributed by atoms with van der Waals surface area (Å²) in [6, 6.07) is 22.2. The molecule has 3 aromatic carbocycles. The molecule has 2 heteroatoms. The molecular weight excluding hydrogens is 282 g/mol. The summed E-state index contributed by atoms with van der Waals surface area (Å²) in [7, 11) is -1.64. The lowest BCUT2D eigenvalue weighted by atomic mass is 10.0. The number of rotatable bonds is 0. The molecule has 0 aliphatic carbocycles. The van der Waals surface area contributed by atoms with Crippen LogP contribution < -0.4 is 10.4 Å². The first-order valence-corrected chi connectivity index (χ1v) is 10.8. The first-order chi connectivity index (χ1) is 10.7. The van der Waals surface area contributed by atoms with Gasteiger partial charge in [0.25, 0.3) is 0 Å². The van der Waals surface area contributed by atoms with Crippen LogP contribution in [0, 0.1) is 0 Å². The van der Waals surface area contributed by atoms with Gasteiger partial charge in [-0.1, -0.05) is 67.7 Å². The zero-order chi connectivity index (χ0) is 14.9. The third-order valence-electron chi connectivity index (χ3n) is 5.20. The van der Waals surface area contributed by atoms with E-state index in [1.54, 1.807) is 10.4 Å². The Kier molecular flexibility index (Phi) is 2.17. The number of aromatic amines is 1. The van der Waals surface area contributed by atoms with Gasteiger partial charge in [-0.2, -0.15) is 0 Å². The highest BCUT2D eigenvalue weighted by Gasteiger charge is 2.39. The van der Waals surface area contributed by atoms with Gasteiger partial charge < -0.3 is 4.98 Å². The second-order valence-electron chi connectivity index (χ2n) is 6.75. The number of para-hydroxylation sites is 1. The predicted octanol–water partition coefficient (Wildman–Crippen LogP) is 4.12. The van der Waals surface area contributed by atoms with Crippen LogP contribution in [-0.4, -0.2) is 13.1 Å². The number of hydrogen-bond donors (Lipinski definition) is 1. The zero-order valence-corrected chi connectivity index (χ0v) is 13.8. The van der Waals surface area contributed by atoms with E-state index in [1.165, 1.54) is 32.9 Å². The van der Waals surface area contributed by atoms with E-state index in [2.05, 4.69) is 78.7 Å². The number of fused-ring (bicyclic) bond motifs is 7. The van der Waals surface area contributed by atoms with Gasteiger partial charge in [0.2, 0.25) is 0 Å². The third kappa shape index (κ3) is 1.34. The maximum absolute atomic E-state index is 3.70.